The first-order chi connectivity index (χ1) is 25.3. The molecule has 7 rings (SSSR count). The lowest BCUT2D eigenvalue weighted by atomic mass is 9.99. The van der Waals surface area contributed by atoms with Gasteiger partial charge in [0.25, 0.3) is 11.8 Å². The van der Waals surface area contributed by atoms with E-state index < -0.39 is 11.3 Å². The predicted molar refractivity (Wildman–Crippen MR) is 206 cm³/mol. The highest BCUT2D eigenvalue weighted by Crippen LogP contribution is 2.34. The van der Waals surface area contributed by atoms with Crippen molar-refractivity contribution in [2.24, 2.45) is 0 Å². The quantitative estimate of drug-likeness (QED) is 0.146. The fourth-order valence-electron chi connectivity index (χ4n) is 7.18. The second-order valence-electron chi connectivity index (χ2n) is 13.6. The Bertz CT molecular complexity index is 2070. The van der Waals surface area contributed by atoms with Crippen LogP contribution in [0.4, 0.5) is 17.1 Å². The van der Waals surface area contributed by atoms with Gasteiger partial charge in [-0.3, -0.25) is 24.2 Å². The topological polar surface area (TPSA) is 140 Å². The van der Waals surface area contributed by atoms with Gasteiger partial charge in [0.1, 0.15) is 11.2 Å². The molecule has 0 spiro atoms. The molecule has 0 bridgehead atoms. The summed E-state index contributed by atoms with van der Waals surface area (Å²) in [6.45, 7) is 12.8. The maximum Gasteiger partial charge on any atom is 0.255 e. The van der Waals surface area contributed by atoms with E-state index in [-0.39, 0.29) is 34.2 Å². The zero-order valence-electron chi connectivity index (χ0n) is 29.9. The molecule has 2 amide bonds. The molecule has 0 unspecified atom stereocenters. The number of anilines is 3. The standard InChI is InChI=1S/C40H46N8O4/c1-27-13-14-31(39(50)42-15-17-45-19-23-47(24-20-45)29-9-5-3-6-10-29)34-37(27)52-38-28(2)36(49)33(41)32(35(38)44-34)40(51)43-16-18-46-21-25-48(26-22-46)30-11-7-4-8-12-30/h3-14H,15-26,41H2,1-2H3,(H,42,50)(H,43,51). The number of carbonyl (C=O) groups is 2. The number of nitrogens with two attached hydrogens (primary N) is 1. The van der Waals surface area contributed by atoms with Crippen molar-refractivity contribution in [2.75, 3.05) is 94.1 Å². The Labute approximate surface area is 303 Å². The van der Waals surface area contributed by atoms with Gasteiger partial charge in [0.05, 0.1) is 16.8 Å². The molecule has 0 radical (unpaired) electrons. The lowest BCUT2D eigenvalue weighted by molar-refractivity contribution is 0.0941. The molecule has 12 heteroatoms. The van der Waals surface area contributed by atoms with Crippen molar-refractivity contribution in [3.8, 4) is 11.5 Å². The molecule has 2 fully saturated rings. The third kappa shape index (κ3) is 7.30. The van der Waals surface area contributed by atoms with Crippen molar-refractivity contribution in [1.29, 1.82) is 0 Å². The van der Waals surface area contributed by atoms with Gasteiger partial charge < -0.3 is 30.6 Å². The number of aryl methyl sites for hydroxylation is 1. The predicted octanol–water partition coefficient (Wildman–Crippen LogP) is 3.60. The van der Waals surface area contributed by atoms with E-state index >= 15 is 0 Å². The number of nitrogens with zero attached hydrogens (tertiary/aromatic N) is 5. The number of rotatable bonds is 10. The van der Waals surface area contributed by atoms with Crippen LogP contribution in [0.25, 0.3) is 22.6 Å². The maximum atomic E-state index is 13.7. The number of amides is 2. The van der Waals surface area contributed by atoms with Crippen LogP contribution in [0.5, 0.6) is 0 Å². The van der Waals surface area contributed by atoms with Crippen molar-refractivity contribution in [2.45, 2.75) is 13.8 Å². The Morgan fingerprint density at radius 1 is 0.731 bits per heavy atom. The minimum atomic E-state index is -0.504. The summed E-state index contributed by atoms with van der Waals surface area (Å²) in [7, 11) is 0. The summed E-state index contributed by atoms with van der Waals surface area (Å²) in [4.78, 5) is 54.8. The Morgan fingerprint density at radius 3 is 1.79 bits per heavy atom. The van der Waals surface area contributed by atoms with Crippen LogP contribution < -0.4 is 31.6 Å². The number of hydrogen-bond acceptors (Lipinski definition) is 10. The number of para-hydroxylation sites is 2. The summed E-state index contributed by atoms with van der Waals surface area (Å²) >= 11 is 0. The van der Waals surface area contributed by atoms with Crippen molar-refractivity contribution in [3.63, 3.8) is 0 Å². The summed E-state index contributed by atoms with van der Waals surface area (Å²) in [5, 5.41) is 6.01. The van der Waals surface area contributed by atoms with Crippen LogP contribution >= 0.6 is 0 Å². The number of benzene rings is 4. The van der Waals surface area contributed by atoms with Gasteiger partial charge in [-0.15, -0.1) is 0 Å². The van der Waals surface area contributed by atoms with Crippen LogP contribution in [0.3, 0.4) is 0 Å². The summed E-state index contributed by atoms with van der Waals surface area (Å²) < 4.78 is 6.31. The van der Waals surface area contributed by atoms with Gasteiger partial charge >= 0.3 is 0 Å². The number of nitrogens with one attached hydrogen (secondary N) is 2. The number of fused-ring (bicyclic) bond motifs is 2. The van der Waals surface area contributed by atoms with E-state index in [0.29, 0.717) is 42.8 Å². The normalized spacial score (nSPS) is 15.7. The molecule has 3 aromatic carbocycles. The Balaban J connectivity index is 1.03. The zero-order valence-corrected chi connectivity index (χ0v) is 29.9. The largest absolute Gasteiger partial charge is 0.452 e. The van der Waals surface area contributed by atoms with Crippen LogP contribution in [0.2, 0.25) is 0 Å². The highest BCUT2D eigenvalue weighted by molar-refractivity contribution is 6.08. The fourth-order valence-corrected chi connectivity index (χ4v) is 7.18. The summed E-state index contributed by atoms with van der Waals surface area (Å²) in [6.07, 6.45) is 0. The number of hydrogen-bond donors (Lipinski definition) is 3. The Hall–Kier alpha value is -5.46. The maximum absolute atomic E-state index is 13.7. The average Bonchev–Trinajstić information content (AvgIpc) is 3.18. The smallest absolute Gasteiger partial charge is 0.255 e. The van der Waals surface area contributed by atoms with E-state index in [4.69, 9.17) is 15.1 Å². The van der Waals surface area contributed by atoms with E-state index in [1.54, 1.807) is 19.1 Å². The minimum Gasteiger partial charge on any atom is -0.452 e. The van der Waals surface area contributed by atoms with E-state index in [0.717, 1.165) is 57.9 Å². The second-order valence-corrected chi connectivity index (χ2v) is 13.6. The van der Waals surface area contributed by atoms with Gasteiger partial charge in [0.2, 0.25) is 5.43 Å². The third-order valence-electron chi connectivity index (χ3n) is 10.3. The van der Waals surface area contributed by atoms with Crippen molar-refractivity contribution < 1.29 is 14.0 Å². The fraction of sp³-hybridized carbons (Fsp3) is 0.350. The van der Waals surface area contributed by atoms with Gasteiger partial charge in [0, 0.05) is 95.5 Å². The first kappa shape index (κ1) is 35.0. The summed E-state index contributed by atoms with van der Waals surface area (Å²) in [6, 6.07) is 24.3. The SMILES string of the molecule is Cc1c2oc3c(C)ccc(C(=O)NCCN4CCN(c5ccccc5)CC4)c3nc-2c(C(=O)NCCN2CCN(c3ccccc3)CC2)c(N)c1=O. The first-order valence-electron chi connectivity index (χ1n) is 18.1. The Kier molecular flexibility index (Phi) is 10.4. The van der Waals surface area contributed by atoms with Crippen molar-refractivity contribution >= 4 is 40.0 Å². The van der Waals surface area contributed by atoms with E-state index in [1.165, 1.54) is 11.4 Å². The molecule has 0 aromatic heterocycles. The van der Waals surface area contributed by atoms with Crippen molar-refractivity contribution in [3.05, 3.63) is 105 Å². The molecule has 2 saturated heterocycles. The van der Waals surface area contributed by atoms with Gasteiger partial charge in [0.15, 0.2) is 11.3 Å². The molecule has 3 aromatic rings. The molecule has 12 nitrogen and oxygen atoms in total. The molecule has 3 heterocycles. The van der Waals surface area contributed by atoms with E-state index in [2.05, 4.69) is 66.6 Å². The highest BCUT2D eigenvalue weighted by atomic mass is 16.3. The summed E-state index contributed by atoms with van der Waals surface area (Å²) in [5.41, 5.74) is 10.2. The summed E-state index contributed by atoms with van der Waals surface area (Å²) in [5.74, 6) is -0.613. The molecule has 52 heavy (non-hydrogen) atoms. The van der Waals surface area contributed by atoms with Crippen molar-refractivity contribution in [1.82, 2.24) is 25.4 Å². The molecule has 4 aliphatic rings. The average molecular weight is 703 g/mol. The van der Waals surface area contributed by atoms with Crippen LogP contribution in [-0.2, 0) is 0 Å². The Morgan fingerprint density at radius 2 is 1.25 bits per heavy atom. The van der Waals surface area contributed by atoms with Gasteiger partial charge in [-0.1, -0.05) is 42.5 Å². The number of piperazine rings is 2. The van der Waals surface area contributed by atoms with E-state index in [9.17, 15) is 14.4 Å². The monoisotopic (exact) mass is 702 g/mol. The molecule has 0 atom stereocenters. The molecule has 0 saturated carbocycles. The van der Waals surface area contributed by atoms with Crippen LogP contribution in [-0.4, -0.2) is 105 Å². The lowest BCUT2D eigenvalue weighted by Gasteiger charge is -2.36. The molecule has 1 aliphatic carbocycles. The van der Waals surface area contributed by atoms with Gasteiger partial charge in [-0.2, -0.15) is 0 Å². The molecule has 270 valence electrons. The zero-order chi connectivity index (χ0) is 36.2. The van der Waals surface area contributed by atoms with E-state index in [1.807, 2.05) is 31.2 Å². The number of carbonyl (C=O) groups excluding carboxylic acids is 2. The van der Waals surface area contributed by atoms with Crippen LogP contribution in [0, 0.1) is 13.8 Å². The van der Waals surface area contributed by atoms with Crippen LogP contribution in [0.1, 0.15) is 31.8 Å². The van der Waals surface area contributed by atoms with Crippen LogP contribution in [0.15, 0.2) is 82.0 Å². The lowest BCUT2D eigenvalue weighted by Crippen LogP contribution is -2.48. The number of nitrogen functional groups attached to an aromatic ring is 1. The minimum absolute atomic E-state index is 0.0346. The highest BCUT2D eigenvalue weighted by Gasteiger charge is 2.29. The molecular weight excluding hydrogens is 656 g/mol. The number of aromatic nitrogens is 1. The molecule has 3 aliphatic heterocycles. The molecular formula is C40H46N8O4. The second kappa shape index (κ2) is 15.4. The first-order valence-corrected chi connectivity index (χ1v) is 18.1. The molecule has 4 N–H and O–H groups in total. The van der Waals surface area contributed by atoms with Gasteiger partial charge in [-0.25, -0.2) is 4.98 Å². The van der Waals surface area contributed by atoms with Gasteiger partial charge in [-0.05, 0) is 49.7 Å². The third-order valence-corrected chi connectivity index (χ3v) is 10.3.